The molecule has 15 heteroatoms. The summed E-state index contributed by atoms with van der Waals surface area (Å²) >= 11 is 1.49. The maximum absolute atomic E-state index is 14.4. The Kier molecular flexibility index (Phi) is 15.5. The number of pyridine rings is 1. The van der Waals surface area contributed by atoms with Crippen LogP contribution in [0.2, 0.25) is 0 Å². The number of nitrogens with one attached hydrogen (secondary N) is 3. The van der Waals surface area contributed by atoms with Gasteiger partial charge in [0.2, 0.25) is 5.91 Å². The number of amides is 5. The van der Waals surface area contributed by atoms with E-state index in [9.17, 15) is 29.4 Å². The first-order valence-electron chi connectivity index (χ1n) is 19.0. The largest absolute Gasteiger partial charge is 0.465 e. The number of hydrogen-bond acceptors (Lipinski definition) is 9. The van der Waals surface area contributed by atoms with Gasteiger partial charge in [0.05, 0.1) is 24.4 Å². The maximum Gasteiger partial charge on any atom is 0.405 e. The summed E-state index contributed by atoms with van der Waals surface area (Å²) in [5.41, 5.74) is 4.68. The van der Waals surface area contributed by atoms with Crippen molar-refractivity contribution in [1.82, 2.24) is 40.8 Å². The molecule has 55 heavy (non-hydrogen) atoms. The molecule has 300 valence electrons. The van der Waals surface area contributed by atoms with E-state index >= 15 is 0 Å². The Morgan fingerprint density at radius 1 is 1.02 bits per heavy atom. The number of carbonyl (C=O) groups excluding carboxylic acids is 3. The lowest BCUT2D eigenvalue weighted by atomic mass is 9.86. The molecule has 0 spiro atoms. The second-order valence-corrected chi connectivity index (χ2v) is 16.7. The summed E-state index contributed by atoms with van der Waals surface area (Å²) in [6.07, 6.45) is 2.61. The first kappa shape index (κ1) is 43.1. The highest BCUT2D eigenvalue weighted by Crippen LogP contribution is 2.26. The average Bonchev–Trinajstić information content (AvgIpc) is 3.76. The molecule has 1 aromatic carbocycles. The number of aliphatic hydroxyl groups excluding tert-OH is 1. The Hall–Kier alpha value is -4.60. The lowest BCUT2D eigenvalue weighted by Gasteiger charge is -2.36. The zero-order valence-corrected chi connectivity index (χ0v) is 33.9. The molecule has 2 aromatic heterocycles. The molecule has 1 aliphatic rings. The van der Waals surface area contributed by atoms with Crippen LogP contribution < -0.4 is 16.1 Å². The van der Waals surface area contributed by atoms with Gasteiger partial charge in [0.1, 0.15) is 17.1 Å². The Labute approximate surface area is 328 Å². The van der Waals surface area contributed by atoms with Crippen molar-refractivity contribution in [1.29, 1.82) is 0 Å². The van der Waals surface area contributed by atoms with Gasteiger partial charge in [0, 0.05) is 49.5 Å². The molecule has 3 heterocycles. The second kappa shape index (κ2) is 19.8. The Bertz CT molecular complexity index is 1700. The van der Waals surface area contributed by atoms with Crippen molar-refractivity contribution >= 4 is 35.3 Å². The van der Waals surface area contributed by atoms with E-state index in [2.05, 4.69) is 21.0 Å². The fourth-order valence-corrected chi connectivity index (χ4v) is 7.33. The molecule has 0 radical (unpaired) electrons. The van der Waals surface area contributed by atoms with Gasteiger partial charge >= 0.3 is 12.1 Å². The smallest absolute Gasteiger partial charge is 0.405 e. The Balaban J connectivity index is 1.53. The molecule has 0 unspecified atom stereocenters. The van der Waals surface area contributed by atoms with Gasteiger partial charge in [-0.25, -0.2) is 19.6 Å². The fourth-order valence-electron chi connectivity index (χ4n) is 6.53. The summed E-state index contributed by atoms with van der Waals surface area (Å²) in [7, 11) is 0. The molecule has 0 saturated carbocycles. The molecule has 14 nitrogen and oxygen atoms in total. The molecule has 4 rings (SSSR count). The van der Waals surface area contributed by atoms with Crippen molar-refractivity contribution in [2.24, 2.45) is 17.3 Å². The van der Waals surface area contributed by atoms with Gasteiger partial charge < -0.3 is 30.6 Å². The summed E-state index contributed by atoms with van der Waals surface area (Å²) in [4.78, 5) is 65.6. The number of aromatic nitrogens is 2. The molecular weight excluding hydrogens is 721 g/mol. The van der Waals surface area contributed by atoms with Gasteiger partial charge in [-0.15, -0.1) is 11.3 Å². The topological polar surface area (TPSA) is 180 Å². The lowest BCUT2D eigenvalue weighted by molar-refractivity contribution is -0.132. The third-order valence-corrected chi connectivity index (χ3v) is 10.8. The van der Waals surface area contributed by atoms with E-state index in [1.165, 1.54) is 11.3 Å². The third-order valence-electron chi connectivity index (χ3n) is 9.87. The molecule has 0 bridgehead atoms. The SMILES string of the molecule is CC[C@H](C)[C@@H](C(=O)N[C@@H](Cc1ccccc1)[C@@H](O)CN(CCC(C)C)NC(=O)[C@@H](NC(=O)O)C(C)(C)C)N1CCN(Cc2csc(-c3cccnc3)n2)C1=O. The number of hydrogen-bond donors (Lipinski definition) is 5. The van der Waals surface area contributed by atoms with Crippen LogP contribution in [0.1, 0.15) is 72.6 Å². The van der Waals surface area contributed by atoms with E-state index in [0.717, 1.165) is 21.8 Å². The Morgan fingerprint density at radius 2 is 1.75 bits per heavy atom. The molecule has 1 fully saturated rings. The number of carboxylic acid groups (broad SMARTS) is 1. The van der Waals surface area contributed by atoms with Crippen LogP contribution in [0, 0.1) is 17.3 Å². The van der Waals surface area contributed by atoms with Gasteiger partial charge in [0.15, 0.2) is 0 Å². The van der Waals surface area contributed by atoms with Crippen molar-refractivity contribution in [3.8, 4) is 10.6 Å². The van der Waals surface area contributed by atoms with Gasteiger partial charge in [-0.1, -0.05) is 85.2 Å². The van der Waals surface area contributed by atoms with Crippen molar-refractivity contribution in [2.45, 2.75) is 98.5 Å². The molecule has 0 aliphatic carbocycles. The summed E-state index contributed by atoms with van der Waals surface area (Å²) in [5.74, 6) is -0.824. The van der Waals surface area contributed by atoms with E-state index in [-0.39, 0.29) is 30.3 Å². The quantitative estimate of drug-likeness (QED) is 0.105. The standard InChI is InChI=1S/C40H58N8O6S/c1-8-27(4)33(48-20-19-46(39(48)54)23-30-25-55-37(42-30)29-15-12-17-41-22-29)35(50)43-31(21-28-13-10-9-11-14-28)32(49)24-47(18-16-26(2)3)45-36(51)34(40(5,6)7)44-38(52)53/h9-15,17,22,25-27,31-34,44,49H,8,16,18-21,23-24H2,1-7H3,(H,43,50)(H,45,51)(H,52,53)/t27-,31-,32-,33-,34+/m0/s1. The maximum atomic E-state index is 14.4. The van der Waals surface area contributed by atoms with Crippen LogP contribution in [0.4, 0.5) is 9.59 Å². The first-order chi connectivity index (χ1) is 26.1. The molecule has 5 amide bonds. The van der Waals surface area contributed by atoms with Crippen LogP contribution in [-0.4, -0.2) is 109 Å². The van der Waals surface area contributed by atoms with E-state index in [1.807, 2.05) is 75.5 Å². The number of benzene rings is 1. The van der Waals surface area contributed by atoms with Crippen LogP contribution in [0.3, 0.4) is 0 Å². The van der Waals surface area contributed by atoms with E-state index in [1.54, 1.807) is 48.0 Å². The number of carbonyl (C=O) groups is 4. The van der Waals surface area contributed by atoms with Gasteiger partial charge in [-0.3, -0.25) is 20.0 Å². The molecule has 5 N–H and O–H groups in total. The van der Waals surface area contributed by atoms with E-state index in [0.29, 0.717) is 45.4 Å². The Morgan fingerprint density at radius 3 is 2.36 bits per heavy atom. The minimum atomic E-state index is -1.32. The van der Waals surface area contributed by atoms with Crippen LogP contribution in [0.5, 0.6) is 0 Å². The van der Waals surface area contributed by atoms with Gasteiger partial charge in [0.25, 0.3) is 5.91 Å². The molecular formula is C40H58N8O6S. The number of thiazole rings is 1. The van der Waals surface area contributed by atoms with Gasteiger partial charge in [-0.05, 0) is 47.8 Å². The number of rotatable bonds is 19. The summed E-state index contributed by atoms with van der Waals surface area (Å²) in [6, 6.07) is 10.4. The average molecular weight is 779 g/mol. The van der Waals surface area contributed by atoms with Crippen LogP contribution >= 0.6 is 11.3 Å². The number of aliphatic hydroxyl groups is 1. The minimum Gasteiger partial charge on any atom is -0.465 e. The number of nitrogens with zero attached hydrogens (tertiary/aromatic N) is 5. The summed E-state index contributed by atoms with van der Waals surface area (Å²) in [6.45, 7) is 14.8. The molecule has 5 atom stereocenters. The highest BCUT2D eigenvalue weighted by molar-refractivity contribution is 7.13. The summed E-state index contributed by atoms with van der Waals surface area (Å²) in [5, 5.41) is 31.1. The van der Waals surface area contributed by atoms with Crippen LogP contribution in [-0.2, 0) is 22.6 Å². The third kappa shape index (κ3) is 12.5. The van der Waals surface area contributed by atoms with Crippen LogP contribution in [0.25, 0.3) is 10.6 Å². The molecule has 1 saturated heterocycles. The normalized spacial score (nSPS) is 16.1. The van der Waals surface area contributed by atoms with E-state index < -0.39 is 41.6 Å². The second-order valence-electron chi connectivity index (χ2n) is 15.8. The predicted octanol–water partition coefficient (Wildman–Crippen LogP) is 5.01. The zero-order valence-electron chi connectivity index (χ0n) is 33.1. The van der Waals surface area contributed by atoms with Crippen molar-refractivity contribution in [3.05, 3.63) is 71.5 Å². The van der Waals surface area contributed by atoms with Crippen molar-refractivity contribution in [3.63, 3.8) is 0 Å². The van der Waals surface area contributed by atoms with Gasteiger partial charge in [-0.2, -0.15) is 0 Å². The van der Waals surface area contributed by atoms with Crippen molar-refractivity contribution < 1.29 is 29.4 Å². The molecule has 1 aliphatic heterocycles. The highest BCUT2D eigenvalue weighted by atomic mass is 32.1. The van der Waals surface area contributed by atoms with E-state index in [4.69, 9.17) is 4.98 Å². The number of hydrazine groups is 1. The fraction of sp³-hybridized carbons (Fsp3) is 0.550. The van der Waals surface area contributed by atoms with Crippen LogP contribution in [0.15, 0.2) is 60.2 Å². The molecule has 3 aromatic rings. The zero-order chi connectivity index (χ0) is 40.3. The minimum absolute atomic E-state index is 0.0424. The highest BCUT2D eigenvalue weighted by Gasteiger charge is 2.41. The monoisotopic (exact) mass is 778 g/mol. The lowest BCUT2D eigenvalue weighted by Crippen LogP contribution is -2.60. The number of urea groups is 1. The first-order valence-corrected chi connectivity index (χ1v) is 19.9. The predicted molar refractivity (Wildman–Crippen MR) is 213 cm³/mol. The summed E-state index contributed by atoms with van der Waals surface area (Å²) < 4.78 is 0. The van der Waals surface area contributed by atoms with Crippen molar-refractivity contribution in [2.75, 3.05) is 26.2 Å².